The van der Waals surface area contributed by atoms with Crippen LogP contribution in [0.5, 0.6) is 17.2 Å². The Bertz CT molecular complexity index is 1030. The summed E-state index contributed by atoms with van der Waals surface area (Å²) in [5, 5.41) is 9.70. The standard InChI is InChI=1S/C22H23N3O3/c1-6-28-21-19(26-4)10-15(11-20(21)27-5)9-16(12-23)22-24-17-7-13(2)14(3)8-18(17)25-22/h7-11H,6H2,1-5H3,(H,24,25)/b16-9-. The number of allylic oxidation sites excluding steroid dienone is 1. The summed E-state index contributed by atoms with van der Waals surface area (Å²) in [6.07, 6.45) is 1.75. The van der Waals surface area contributed by atoms with Gasteiger partial charge < -0.3 is 19.2 Å². The molecule has 0 saturated carbocycles. The molecular formula is C22H23N3O3. The Kier molecular flexibility index (Phi) is 5.55. The average molecular weight is 377 g/mol. The molecule has 2 aromatic carbocycles. The van der Waals surface area contributed by atoms with E-state index in [2.05, 4.69) is 23.0 Å². The molecule has 0 bridgehead atoms. The van der Waals surface area contributed by atoms with Gasteiger partial charge in [-0.3, -0.25) is 0 Å². The Morgan fingerprint density at radius 2 is 1.75 bits per heavy atom. The van der Waals surface area contributed by atoms with E-state index in [9.17, 15) is 5.26 Å². The molecule has 0 fully saturated rings. The fourth-order valence-electron chi connectivity index (χ4n) is 2.99. The third kappa shape index (κ3) is 3.65. The maximum absolute atomic E-state index is 9.70. The van der Waals surface area contributed by atoms with Crippen LogP contribution in [-0.2, 0) is 0 Å². The number of rotatable bonds is 6. The van der Waals surface area contributed by atoms with Crippen molar-refractivity contribution in [2.24, 2.45) is 0 Å². The van der Waals surface area contributed by atoms with Crippen LogP contribution >= 0.6 is 0 Å². The Labute approximate surface area is 164 Å². The number of benzene rings is 2. The molecule has 6 nitrogen and oxygen atoms in total. The van der Waals surface area contributed by atoms with Crippen molar-refractivity contribution in [1.29, 1.82) is 5.26 Å². The molecule has 28 heavy (non-hydrogen) atoms. The number of hydrogen-bond donors (Lipinski definition) is 1. The van der Waals surface area contributed by atoms with Gasteiger partial charge in [-0.1, -0.05) is 0 Å². The van der Waals surface area contributed by atoms with E-state index < -0.39 is 0 Å². The Hall–Kier alpha value is -3.46. The molecule has 0 spiro atoms. The van der Waals surface area contributed by atoms with Gasteiger partial charge in [0.2, 0.25) is 5.75 Å². The summed E-state index contributed by atoms with van der Waals surface area (Å²) >= 11 is 0. The second-order valence-corrected chi connectivity index (χ2v) is 6.40. The lowest BCUT2D eigenvalue weighted by molar-refractivity contribution is 0.288. The number of hydrogen-bond acceptors (Lipinski definition) is 5. The number of nitrogens with zero attached hydrogens (tertiary/aromatic N) is 2. The van der Waals surface area contributed by atoms with Crippen molar-refractivity contribution in [3.05, 3.63) is 46.8 Å². The first-order valence-electron chi connectivity index (χ1n) is 8.98. The number of aryl methyl sites for hydroxylation is 2. The van der Waals surface area contributed by atoms with Gasteiger partial charge >= 0.3 is 0 Å². The van der Waals surface area contributed by atoms with Gasteiger partial charge in [-0.25, -0.2) is 4.98 Å². The number of H-pyrrole nitrogens is 1. The average Bonchev–Trinajstić information content (AvgIpc) is 3.09. The molecule has 6 heteroatoms. The van der Waals surface area contributed by atoms with Gasteiger partial charge in [-0.15, -0.1) is 0 Å². The quantitative estimate of drug-likeness (QED) is 0.632. The summed E-state index contributed by atoms with van der Waals surface area (Å²) < 4.78 is 16.5. The number of methoxy groups -OCH3 is 2. The second kappa shape index (κ2) is 8.05. The van der Waals surface area contributed by atoms with E-state index in [-0.39, 0.29) is 0 Å². The number of nitrogens with one attached hydrogen (secondary N) is 1. The Morgan fingerprint density at radius 3 is 2.32 bits per heavy atom. The highest BCUT2D eigenvalue weighted by Crippen LogP contribution is 2.39. The summed E-state index contributed by atoms with van der Waals surface area (Å²) in [5.41, 5.74) is 5.24. The predicted octanol–water partition coefficient (Wildman–Crippen LogP) is 4.66. The summed E-state index contributed by atoms with van der Waals surface area (Å²) in [7, 11) is 3.14. The lowest BCUT2D eigenvalue weighted by Crippen LogP contribution is -1.99. The molecule has 1 N–H and O–H groups in total. The van der Waals surface area contributed by atoms with E-state index in [0.29, 0.717) is 35.3 Å². The lowest BCUT2D eigenvalue weighted by atomic mass is 10.1. The summed E-state index contributed by atoms with van der Waals surface area (Å²) in [4.78, 5) is 7.82. The van der Waals surface area contributed by atoms with Gasteiger partial charge in [0, 0.05) is 0 Å². The molecule has 3 aromatic rings. The first kappa shape index (κ1) is 19.3. The molecule has 0 saturated heterocycles. The van der Waals surface area contributed by atoms with E-state index in [0.717, 1.165) is 22.2 Å². The fourth-order valence-corrected chi connectivity index (χ4v) is 2.99. The monoisotopic (exact) mass is 377 g/mol. The Morgan fingerprint density at radius 1 is 1.11 bits per heavy atom. The number of nitriles is 1. The number of ether oxygens (including phenoxy) is 3. The van der Waals surface area contributed by atoms with Crippen LogP contribution in [0.1, 0.15) is 29.4 Å². The zero-order valence-corrected chi connectivity index (χ0v) is 16.7. The molecular weight excluding hydrogens is 354 g/mol. The highest BCUT2D eigenvalue weighted by molar-refractivity contribution is 5.91. The third-order valence-electron chi connectivity index (χ3n) is 4.56. The summed E-state index contributed by atoms with van der Waals surface area (Å²) in [6, 6.07) is 9.90. The van der Waals surface area contributed by atoms with Gasteiger partial charge in [0.1, 0.15) is 11.9 Å². The van der Waals surface area contributed by atoms with Crippen LogP contribution in [0, 0.1) is 25.2 Å². The number of imidazole rings is 1. The normalized spacial score (nSPS) is 11.4. The molecule has 3 rings (SSSR count). The zero-order valence-electron chi connectivity index (χ0n) is 16.7. The molecule has 0 radical (unpaired) electrons. The molecule has 144 valence electrons. The minimum absolute atomic E-state index is 0.416. The third-order valence-corrected chi connectivity index (χ3v) is 4.56. The van der Waals surface area contributed by atoms with E-state index in [1.807, 2.05) is 38.1 Å². The molecule has 0 aliphatic carbocycles. The molecule has 0 aliphatic heterocycles. The van der Waals surface area contributed by atoms with Crippen molar-refractivity contribution in [2.45, 2.75) is 20.8 Å². The van der Waals surface area contributed by atoms with E-state index in [4.69, 9.17) is 14.2 Å². The SMILES string of the molecule is CCOc1c(OC)cc(/C=C(/C#N)c2nc3cc(C)c(C)cc3[nH]2)cc1OC. The lowest BCUT2D eigenvalue weighted by Gasteiger charge is -2.14. The maximum Gasteiger partial charge on any atom is 0.203 e. The molecule has 0 amide bonds. The van der Waals surface area contributed by atoms with Crippen LogP contribution < -0.4 is 14.2 Å². The summed E-state index contributed by atoms with van der Waals surface area (Å²) in [5.74, 6) is 2.15. The van der Waals surface area contributed by atoms with E-state index in [1.165, 1.54) is 5.56 Å². The van der Waals surface area contributed by atoms with E-state index >= 15 is 0 Å². The molecule has 1 heterocycles. The molecule has 0 unspecified atom stereocenters. The second-order valence-electron chi connectivity index (χ2n) is 6.40. The van der Waals surface area contributed by atoms with Gasteiger partial charge in [-0.05, 0) is 67.8 Å². The molecule has 0 aliphatic rings. The number of fused-ring (bicyclic) bond motifs is 1. The molecule has 1 aromatic heterocycles. The van der Waals surface area contributed by atoms with Crippen LogP contribution in [0.25, 0.3) is 22.7 Å². The highest BCUT2D eigenvalue weighted by atomic mass is 16.5. The van der Waals surface area contributed by atoms with Crippen LogP contribution in [0.2, 0.25) is 0 Å². The highest BCUT2D eigenvalue weighted by Gasteiger charge is 2.15. The number of aromatic amines is 1. The number of aromatic nitrogens is 2. The molecule has 0 atom stereocenters. The zero-order chi connectivity index (χ0) is 20.3. The van der Waals surface area contributed by atoms with E-state index in [1.54, 1.807) is 20.3 Å². The van der Waals surface area contributed by atoms with Crippen LogP contribution in [0.15, 0.2) is 24.3 Å². The van der Waals surface area contributed by atoms with Crippen molar-refractivity contribution in [2.75, 3.05) is 20.8 Å². The van der Waals surface area contributed by atoms with Crippen molar-refractivity contribution in [1.82, 2.24) is 9.97 Å². The van der Waals surface area contributed by atoms with Gasteiger partial charge in [0.05, 0.1) is 37.4 Å². The fraction of sp³-hybridized carbons (Fsp3) is 0.273. The van der Waals surface area contributed by atoms with Crippen molar-refractivity contribution >= 4 is 22.7 Å². The van der Waals surface area contributed by atoms with Crippen molar-refractivity contribution in [3.8, 4) is 23.3 Å². The smallest absolute Gasteiger partial charge is 0.203 e. The largest absolute Gasteiger partial charge is 0.493 e. The predicted molar refractivity (Wildman–Crippen MR) is 110 cm³/mol. The first-order valence-corrected chi connectivity index (χ1v) is 8.98. The maximum atomic E-state index is 9.70. The Balaban J connectivity index is 2.09. The summed E-state index contributed by atoms with van der Waals surface area (Å²) in [6.45, 7) is 6.48. The van der Waals surface area contributed by atoms with Crippen LogP contribution in [0.3, 0.4) is 0 Å². The topological polar surface area (TPSA) is 80.2 Å². The van der Waals surface area contributed by atoms with Crippen molar-refractivity contribution < 1.29 is 14.2 Å². The van der Waals surface area contributed by atoms with Gasteiger partial charge in [0.15, 0.2) is 11.5 Å². The van der Waals surface area contributed by atoms with Gasteiger partial charge in [0.25, 0.3) is 0 Å². The van der Waals surface area contributed by atoms with Crippen LogP contribution in [-0.4, -0.2) is 30.8 Å². The van der Waals surface area contributed by atoms with Crippen molar-refractivity contribution in [3.63, 3.8) is 0 Å². The van der Waals surface area contributed by atoms with Crippen LogP contribution in [0.4, 0.5) is 0 Å². The minimum atomic E-state index is 0.416. The first-order chi connectivity index (χ1) is 13.5. The van der Waals surface area contributed by atoms with Gasteiger partial charge in [-0.2, -0.15) is 5.26 Å². The minimum Gasteiger partial charge on any atom is -0.493 e.